The van der Waals surface area contributed by atoms with Crippen molar-refractivity contribution in [3.8, 4) is 17.1 Å². The average Bonchev–Trinajstić information content (AvgIpc) is 3.10. The van der Waals surface area contributed by atoms with Gasteiger partial charge in [0.25, 0.3) is 10.0 Å². The van der Waals surface area contributed by atoms with Crippen LogP contribution in [0.15, 0.2) is 63.0 Å². The molecule has 0 fully saturated rings. The van der Waals surface area contributed by atoms with Gasteiger partial charge in [-0.25, -0.2) is 22.0 Å². The molecule has 0 saturated carbocycles. The summed E-state index contributed by atoms with van der Waals surface area (Å²) < 4.78 is 61.1. The third-order valence-electron chi connectivity index (χ3n) is 3.97. The van der Waals surface area contributed by atoms with Gasteiger partial charge in [0.15, 0.2) is 5.76 Å². The number of ether oxygens (including phenoxy) is 1. The Balaban J connectivity index is 1.66. The van der Waals surface area contributed by atoms with Crippen LogP contribution >= 0.6 is 0 Å². The SMILES string of the molecule is NS(=O)(=O)c1ccc(NS(=O)(=O)c2ccc3c(c2)-c2oncc2CO3)cc1. The predicted molar refractivity (Wildman–Crippen MR) is 94.9 cm³/mol. The zero-order valence-electron chi connectivity index (χ0n) is 13.6. The Morgan fingerprint density at radius 3 is 2.41 bits per heavy atom. The predicted octanol–water partition coefficient (Wildman–Crippen LogP) is 1.68. The van der Waals surface area contributed by atoms with Crippen molar-refractivity contribution in [2.75, 3.05) is 4.72 Å². The van der Waals surface area contributed by atoms with Crippen molar-refractivity contribution in [3.05, 3.63) is 54.2 Å². The monoisotopic (exact) mass is 407 g/mol. The second kappa shape index (κ2) is 6.08. The van der Waals surface area contributed by atoms with E-state index in [1.165, 1.54) is 42.6 Å². The summed E-state index contributed by atoms with van der Waals surface area (Å²) in [5, 5.41) is 8.74. The highest BCUT2D eigenvalue weighted by molar-refractivity contribution is 7.92. The number of benzene rings is 2. The molecule has 1 aliphatic rings. The Labute approximate surface area is 154 Å². The molecule has 27 heavy (non-hydrogen) atoms. The normalized spacial score (nSPS) is 13.4. The van der Waals surface area contributed by atoms with Gasteiger partial charge < -0.3 is 9.26 Å². The van der Waals surface area contributed by atoms with E-state index < -0.39 is 20.0 Å². The number of anilines is 1. The summed E-state index contributed by atoms with van der Waals surface area (Å²) >= 11 is 0. The molecule has 4 rings (SSSR count). The number of rotatable bonds is 4. The van der Waals surface area contributed by atoms with Gasteiger partial charge in [-0.3, -0.25) is 4.72 Å². The third-order valence-corrected chi connectivity index (χ3v) is 6.28. The van der Waals surface area contributed by atoms with Crippen LogP contribution in [0.25, 0.3) is 11.3 Å². The Morgan fingerprint density at radius 1 is 1.00 bits per heavy atom. The molecule has 2 aromatic carbocycles. The maximum Gasteiger partial charge on any atom is 0.261 e. The van der Waals surface area contributed by atoms with Crippen molar-refractivity contribution in [3.63, 3.8) is 0 Å². The van der Waals surface area contributed by atoms with Crippen molar-refractivity contribution in [1.82, 2.24) is 5.16 Å². The van der Waals surface area contributed by atoms with Gasteiger partial charge >= 0.3 is 0 Å². The van der Waals surface area contributed by atoms with Crippen molar-refractivity contribution in [2.24, 2.45) is 5.14 Å². The van der Waals surface area contributed by atoms with E-state index >= 15 is 0 Å². The van der Waals surface area contributed by atoms with E-state index in [1.807, 2.05) is 0 Å². The van der Waals surface area contributed by atoms with Gasteiger partial charge in [0.2, 0.25) is 10.0 Å². The number of nitrogens with one attached hydrogen (secondary N) is 1. The Kier molecular flexibility index (Phi) is 3.94. The first-order chi connectivity index (χ1) is 12.7. The van der Waals surface area contributed by atoms with E-state index in [2.05, 4.69) is 9.88 Å². The van der Waals surface area contributed by atoms with Crippen LogP contribution in [0, 0.1) is 0 Å². The van der Waals surface area contributed by atoms with E-state index in [1.54, 1.807) is 6.07 Å². The number of hydrogen-bond donors (Lipinski definition) is 2. The molecule has 0 radical (unpaired) electrons. The van der Waals surface area contributed by atoms with Crippen molar-refractivity contribution >= 4 is 25.7 Å². The first-order valence-corrected chi connectivity index (χ1v) is 10.6. The van der Waals surface area contributed by atoms with Crippen LogP contribution in [-0.2, 0) is 26.7 Å². The lowest BCUT2D eigenvalue weighted by molar-refractivity contribution is 0.297. The third kappa shape index (κ3) is 3.27. The molecule has 3 N–H and O–H groups in total. The standard InChI is InChI=1S/C16H13N3O6S2/c17-26(20,21)12-3-1-11(2-4-12)19-27(22,23)13-5-6-15-14(7-13)16-10(9-24-15)8-18-25-16/h1-8,19H,9H2,(H2,17,20,21). The molecule has 140 valence electrons. The fraction of sp³-hybridized carbons (Fsp3) is 0.0625. The van der Waals surface area contributed by atoms with Gasteiger partial charge in [-0.1, -0.05) is 5.16 Å². The van der Waals surface area contributed by atoms with Crippen molar-refractivity contribution < 1.29 is 26.1 Å². The number of fused-ring (bicyclic) bond motifs is 3. The lowest BCUT2D eigenvalue weighted by Crippen LogP contribution is -2.15. The number of nitrogens with two attached hydrogens (primary N) is 1. The molecule has 0 spiro atoms. The largest absolute Gasteiger partial charge is 0.488 e. The molecular weight excluding hydrogens is 394 g/mol. The fourth-order valence-electron chi connectivity index (χ4n) is 2.65. The lowest BCUT2D eigenvalue weighted by atomic mass is 10.1. The first-order valence-electron chi connectivity index (χ1n) is 7.60. The van der Waals surface area contributed by atoms with E-state index in [4.69, 9.17) is 14.4 Å². The Hall–Kier alpha value is -2.89. The summed E-state index contributed by atoms with van der Waals surface area (Å²) in [7, 11) is -7.79. The summed E-state index contributed by atoms with van der Waals surface area (Å²) in [6.45, 7) is 0.298. The topological polar surface area (TPSA) is 142 Å². The van der Waals surface area contributed by atoms with Gasteiger partial charge in [-0.05, 0) is 42.5 Å². The molecule has 0 saturated heterocycles. The van der Waals surface area contributed by atoms with E-state index in [0.717, 1.165) is 5.56 Å². The molecule has 0 atom stereocenters. The average molecular weight is 407 g/mol. The second-order valence-electron chi connectivity index (χ2n) is 5.80. The first kappa shape index (κ1) is 17.5. The maximum atomic E-state index is 12.7. The zero-order valence-corrected chi connectivity index (χ0v) is 15.2. The number of nitrogens with zero attached hydrogens (tertiary/aromatic N) is 1. The van der Waals surface area contributed by atoms with Crippen molar-refractivity contribution in [1.29, 1.82) is 0 Å². The molecule has 0 bridgehead atoms. The van der Waals surface area contributed by atoms with Crippen LogP contribution in [-0.4, -0.2) is 22.0 Å². The highest BCUT2D eigenvalue weighted by Gasteiger charge is 2.25. The molecule has 2 heterocycles. The van der Waals surface area contributed by atoms with E-state index in [9.17, 15) is 16.8 Å². The highest BCUT2D eigenvalue weighted by atomic mass is 32.2. The van der Waals surface area contributed by atoms with Gasteiger partial charge in [0.1, 0.15) is 12.4 Å². The van der Waals surface area contributed by atoms with Crippen molar-refractivity contribution in [2.45, 2.75) is 16.4 Å². The van der Waals surface area contributed by atoms with Crippen LogP contribution in [0.5, 0.6) is 5.75 Å². The number of primary sulfonamides is 1. The number of aromatic nitrogens is 1. The lowest BCUT2D eigenvalue weighted by Gasteiger charge is -2.17. The molecule has 9 nitrogen and oxygen atoms in total. The van der Waals surface area contributed by atoms with E-state index in [-0.39, 0.29) is 15.5 Å². The molecule has 0 aliphatic carbocycles. The molecule has 0 amide bonds. The minimum Gasteiger partial charge on any atom is -0.488 e. The summed E-state index contributed by atoms with van der Waals surface area (Å²) in [4.78, 5) is -0.126. The van der Waals surface area contributed by atoms with Crippen LogP contribution < -0.4 is 14.6 Å². The second-order valence-corrected chi connectivity index (χ2v) is 9.05. The molecule has 0 unspecified atom stereocenters. The van der Waals surface area contributed by atoms with Gasteiger partial charge in [0, 0.05) is 5.69 Å². The zero-order chi connectivity index (χ0) is 19.2. The van der Waals surface area contributed by atoms with Crippen LogP contribution in [0.1, 0.15) is 5.56 Å². The minimum absolute atomic E-state index is 0.00961. The van der Waals surface area contributed by atoms with Crippen LogP contribution in [0.2, 0.25) is 0 Å². The maximum absolute atomic E-state index is 12.7. The van der Waals surface area contributed by atoms with E-state index in [0.29, 0.717) is 23.7 Å². The summed E-state index contributed by atoms with van der Waals surface area (Å²) in [5.41, 5.74) is 1.40. The van der Waals surface area contributed by atoms with Crippen LogP contribution in [0.4, 0.5) is 5.69 Å². The van der Waals surface area contributed by atoms with Gasteiger partial charge in [0.05, 0.1) is 27.1 Å². The Morgan fingerprint density at radius 2 is 1.70 bits per heavy atom. The fourth-order valence-corrected chi connectivity index (χ4v) is 4.25. The quantitative estimate of drug-likeness (QED) is 0.670. The summed E-state index contributed by atoms with van der Waals surface area (Å²) in [6, 6.07) is 9.43. The minimum atomic E-state index is -3.93. The van der Waals surface area contributed by atoms with Gasteiger partial charge in [-0.15, -0.1) is 0 Å². The Bertz CT molecular complexity index is 1230. The molecular formula is C16H13N3O6S2. The number of hydrogen-bond acceptors (Lipinski definition) is 7. The van der Waals surface area contributed by atoms with Gasteiger partial charge in [-0.2, -0.15) is 0 Å². The molecule has 1 aromatic heterocycles. The molecule has 11 heteroatoms. The smallest absolute Gasteiger partial charge is 0.261 e. The summed E-state index contributed by atoms with van der Waals surface area (Å²) in [5.74, 6) is 0.960. The highest BCUT2D eigenvalue weighted by Crippen LogP contribution is 2.38. The van der Waals surface area contributed by atoms with Crippen LogP contribution in [0.3, 0.4) is 0 Å². The summed E-state index contributed by atoms with van der Waals surface area (Å²) in [6.07, 6.45) is 1.52. The molecule has 1 aliphatic heterocycles. The molecule has 3 aromatic rings. The number of sulfonamides is 2.